The maximum Gasteiger partial charge on any atom is 0.124 e. The molecule has 0 heterocycles. The number of aromatic hydroxyl groups is 2. The number of rotatable bonds is 6. The van der Waals surface area contributed by atoms with Crippen molar-refractivity contribution < 1.29 is 15.3 Å². The zero-order valence-electron chi connectivity index (χ0n) is 10.3. The summed E-state index contributed by atoms with van der Waals surface area (Å²) >= 11 is 0. The van der Waals surface area contributed by atoms with Gasteiger partial charge < -0.3 is 20.6 Å². The van der Waals surface area contributed by atoms with Gasteiger partial charge in [0.2, 0.25) is 0 Å². The van der Waals surface area contributed by atoms with Crippen molar-refractivity contribution in [1.82, 2.24) is 5.32 Å². The molecule has 0 saturated carbocycles. The molecule has 0 aliphatic rings. The van der Waals surface area contributed by atoms with Gasteiger partial charge in [0.25, 0.3) is 0 Å². The predicted octanol–water partition coefficient (Wildman–Crippen LogP) is 1.91. The highest BCUT2D eigenvalue weighted by Gasteiger charge is 2.12. The Kier molecular flexibility index (Phi) is 5.25. The van der Waals surface area contributed by atoms with Crippen molar-refractivity contribution in [2.24, 2.45) is 0 Å². The molecule has 0 fully saturated rings. The van der Waals surface area contributed by atoms with E-state index in [9.17, 15) is 15.3 Å². The van der Waals surface area contributed by atoms with Crippen molar-refractivity contribution in [3.05, 3.63) is 23.8 Å². The minimum atomic E-state index is -0.360. The Morgan fingerprint density at radius 2 is 2.00 bits per heavy atom. The number of hydrogen-bond donors (Lipinski definition) is 4. The average Bonchev–Trinajstić information content (AvgIpc) is 2.26. The topological polar surface area (TPSA) is 72.7 Å². The Hall–Kier alpha value is -1.26. The quantitative estimate of drug-likeness (QED) is 0.612. The summed E-state index contributed by atoms with van der Waals surface area (Å²) in [4.78, 5) is 0. The summed E-state index contributed by atoms with van der Waals surface area (Å²) in [7, 11) is 0. The number of nitrogens with one attached hydrogen (secondary N) is 1. The summed E-state index contributed by atoms with van der Waals surface area (Å²) in [6.45, 7) is 4.43. The van der Waals surface area contributed by atoms with Crippen molar-refractivity contribution in [1.29, 1.82) is 0 Å². The van der Waals surface area contributed by atoms with E-state index in [4.69, 9.17) is 0 Å². The van der Waals surface area contributed by atoms with E-state index >= 15 is 0 Å². The van der Waals surface area contributed by atoms with Gasteiger partial charge in [-0.05, 0) is 19.4 Å². The van der Waals surface area contributed by atoms with Gasteiger partial charge in [0.05, 0.1) is 6.10 Å². The average molecular weight is 239 g/mol. The van der Waals surface area contributed by atoms with Crippen LogP contribution in [0.2, 0.25) is 0 Å². The maximum absolute atomic E-state index is 9.67. The number of phenols is 2. The van der Waals surface area contributed by atoms with Gasteiger partial charge in [-0.15, -0.1) is 0 Å². The molecule has 0 radical (unpaired) electrons. The van der Waals surface area contributed by atoms with Crippen LogP contribution in [0.4, 0.5) is 0 Å². The van der Waals surface area contributed by atoms with Crippen LogP contribution in [-0.2, 0) is 0 Å². The summed E-state index contributed by atoms with van der Waals surface area (Å²) < 4.78 is 0. The van der Waals surface area contributed by atoms with E-state index in [1.165, 1.54) is 12.1 Å². The first kappa shape index (κ1) is 13.8. The molecule has 0 bridgehead atoms. The van der Waals surface area contributed by atoms with Crippen LogP contribution >= 0.6 is 0 Å². The monoisotopic (exact) mass is 239 g/mol. The molecule has 0 aliphatic heterocycles. The number of benzene rings is 1. The minimum absolute atomic E-state index is 0.0458. The van der Waals surface area contributed by atoms with E-state index in [0.29, 0.717) is 12.1 Å². The van der Waals surface area contributed by atoms with Crippen LogP contribution in [0.5, 0.6) is 11.5 Å². The van der Waals surface area contributed by atoms with Crippen LogP contribution in [-0.4, -0.2) is 28.0 Å². The lowest BCUT2D eigenvalue weighted by Gasteiger charge is -2.18. The summed E-state index contributed by atoms with van der Waals surface area (Å²) in [5.41, 5.74) is 0.714. The van der Waals surface area contributed by atoms with E-state index in [-0.39, 0.29) is 23.6 Å². The lowest BCUT2D eigenvalue weighted by Crippen LogP contribution is -2.28. The second-order valence-corrected chi connectivity index (χ2v) is 4.32. The second-order valence-electron chi connectivity index (χ2n) is 4.32. The van der Waals surface area contributed by atoms with Crippen LogP contribution in [0.3, 0.4) is 0 Å². The van der Waals surface area contributed by atoms with Crippen molar-refractivity contribution in [2.45, 2.75) is 38.8 Å². The molecule has 1 aromatic carbocycles. The molecule has 4 N–H and O–H groups in total. The standard InChI is InChI=1S/C13H21NO3/c1-3-4-11(16)8-14-9(2)12-6-5-10(15)7-13(12)17/h5-7,9,11,14-17H,3-4,8H2,1-2H3. The number of aliphatic hydroxyl groups excluding tert-OH is 1. The smallest absolute Gasteiger partial charge is 0.124 e. The van der Waals surface area contributed by atoms with Crippen molar-refractivity contribution in [3.8, 4) is 11.5 Å². The molecule has 1 aromatic rings. The largest absolute Gasteiger partial charge is 0.508 e. The number of aliphatic hydroxyl groups is 1. The highest BCUT2D eigenvalue weighted by Crippen LogP contribution is 2.27. The zero-order valence-corrected chi connectivity index (χ0v) is 10.3. The van der Waals surface area contributed by atoms with Gasteiger partial charge in [-0.2, -0.15) is 0 Å². The molecule has 2 unspecified atom stereocenters. The predicted molar refractivity (Wildman–Crippen MR) is 67.1 cm³/mol. The maximum atomic E-state index is 9.67. The van der Waals surface area contributed by atoms with Gasteiger partial charge in [-0.25, -0.2) is 0 Å². The molecule has 17 heavy (non-hydrogen) atoms. The summed E-state index contributed by atoms with van der Waals surface area (Å²) in [6.07, 6.45) is 1.35. The molecular weight excluding hydrogens is 218 g/mol. The van der Waals surface area contributed by atoms with Crippen molar-refractivity contribution in [3.63, 3.8) is 0 Å². The Balaban J connectivity index is 2.54. The number of hydrogen-bond acceptors (Lipinski definition) is 4. The summed E-state index contributed by atoms with van der Waals surface area (Å²) in [5, 5.41) is 31.6. The fourth-order valence-corrected chi connectivity index (χ4v) is 1.76. The lowest BCUT2D eigenvalue weighted by atomic mass is 10.1. The fraction of sp³-hybridized carbons (Fsp3) is 0.538. The fourth-order valence-electron chi connectivity index (χ4n) is 1.76. The van der Waals surface area contributed by atoms with Crippen molar-refractivity contribution >= 4 is 0 Å². The van der Waals surface area contributed by atoms with Crippen LogP contribution in [0.25, 0.3) is 0 Å². The van der Waals surface area contributed by atoms with Crippen molar-refractivity contribution in [2.75, 3.05) is 6.54 Å². The Morgan fingerprint density at radius 3 is 2.59 bits per heavy atom. The van der Waals surface area contributed by atoms with E-state index in [2.05, 4.69) is 5.32 Å². The van der Waals surface area contributed by atoms with Crippen LogP contribution in [0.15, 0.2) is 18.2 Å². The molecule has 0 saturated heterocycles. The lowest BCUT2D eigenvalue weighted by molar-refractivity contribution is 0.157. The number of phenolic OH excluding ortho intramolecular Hbond substituents is 2. The summed E-state index contributed by atoms with van der Waals surface area (Å²) in [5.74, 6) is 0.111. The zero-order chi connectivity index (χ0) is 12.8. The van der Waals surface area contributed by atoms with E-state index < -0.39 is 0 Å². The normalized spacial score (nSPS) is 14.5. The third-order valence-electron chi connectivity index (χ3n) is 2.76. The van der Waals surface area contributed by atoms with Crippen LogP contribution in [0, 0.1) is 0 Å². The SMILES string of the molecule is CCCC(O)CNC(C)c1ccc(O)cc1O. The van der Waals surface area contributed by atoms with Crippen LogP contribution < -0.4 is 5.32 Å². The van der Waals surface area contributed by atoms with Gasteiger partial charge in [-0.1, -0.05) is 19.4 Å². The minimum Gasteiger partial charge on any atom is -0.508 e. The molecule has 0 amide bonds. The van der Waals surface area contributed by atoms with E-state index in [1.807, 2.05) is 13.8 Å². The molecule has 2 atom stereocenters. The highest BCUT2D eigenvalue weighted by atomic mass is 16.3. The van der Waals surface area contributed by atoms with Gasteiger partial charge in [0, 0.05) is 24.2 Å². The Morgan fingerprint density at radius 1 is 1.29 bits per heavy atom. The molecule has 1 rings (SSSR count). The first-order valence-corrected chi connectivity index (χ1v) is 5.98. The first-order chi connectivity index (χ1) is 8.04. The Labute approximate surface area is 102 Å². The summed E-state index contributed by atoms with van der Waals surface area (Å²) in [6, 6.07) is 4.46. The molecule has 96 valence electrons. The molecule has 0 aliphatic carbocycles. The molecule has 0 spiro atoms. The molecule has 0 aromatic heterocycles. The van der Waals surface area contributed by atoms with Gasteiger partial charge in [0.1, 0.15) is 11.5 Å². The van der Waals surface area contributed by atoms with Gasteiger partial charge in [-0.3, -0.25) is 0 Å². The van der Waals surface area contributed by atoms with E-state index in [1.54, 1.807) is 6.07 Å². The van der Waals surface area contributed by atoms with E-state index in [0.717, 1.165) is 12.8 Å². The molecule has 4 heteroatoms. The van der Waals surface area contributed by atoms with Gasteiger partial charge >= 0.3 is 0 Å². The van der Waals surface area contributed by atoms with Gasteiger partial charge in [0.15, 0.2) is 0 Å². The molecule has 4 nitrogen and oxygen atoms in total. The first-order valence-electron chi connectivity index (χ1n) is 5.98. The third kappa shape index (κ3) is 4.24. The van der Waals surface area contributed by atoms with Crippen LogP contribution in [0.1, 0.15) is 38.3 Å². The highest BCUT2D eigenvalue weighted by molar-refractivity contribution is 5.40. The Bertz CT molecular complexity index is 355. The molecular formula is C13H21NO3. The third-order valence-corrected chi connectivity index (χ3v) is 2.76. The second kappa shape index (κ2) is 6.47.